The van der Waals surface area contributed by atoms with Crippen molar-refractivity contribution < 1.29 is 9.53 Å². The summed E-state index contributed by atoms with van der Waals surface area (Å²) in [6.45, 7) is 1.83. The molecule has 1 aliphatic carbocycles. The molecule has 0 N–H and O–H groups in total. The molecular weight excluding hydrogens is 140 g/mol. The fraction of sp³-hybridized carbons (Fsp3) is 0.667. The summed E-state index contributed by atoms with van der Waals surface area (Å²) >= 11 is 0. The van der Waals surface area contributed by atoms with Crippen molar-refractivity contribution in [2.24, 2.45) is 0 Å². The molecule has 1 heterocycles. The first-order valence-electron chi connectivity index (χ1n) is 4.22. The third-order valence-corrected chi connectivity index (χ3v) is 2.40. The van der Waals surface area contributed by atoms with Gasteiger partial charge in [-0.3, -0.25) is 4.79 Å². The summed E-state index contributed by atoms with van der Waals surface area (Å²) in [5.74, 6) is 1.20. The SMILES string of the molecule is CC1OC2=C(CCCC2)C1=O. The molecule has 0 aromatic heterocycles. The first-order valence-corrected chi connectivity index (χ1v) is 4.22. The largest absolute Gasteiger partial charge is 0.487 e. The number of Topliss-reactive ketones (excluding diaryl/α,β-unsaturated/α-hetero) is 1. The van der Waals surface area contributed by atoms with Crippen molar-refractivity contribution in [3.63, 3.8) is 0 Å². The van der Waals surface area contributed by atoms with Crippen LogP contribution in [0.3, 0.4) is 0 Å². The van der Waals surface area contributed by atoms with E-state index in [0.717, 1.165) is 30.6 Å². The molecule has 11 heavy (non-hydrogen) atoms. The number of hydrogen-bond acceptors (Lipinski definition) is 2. The molecule has 0 fully saturated rings. The molecule has 0 radical (unpaired) electrons. The molecule has 1 aliphatic heterocycles. The summed E-state index contributed by atoms with van der Waals surface area (Å²) in [5, 5.41) is 0. The van der Waals surface area contributed by atoms with E-state index in [1.165, 1.54) is 6.42 Å². The van der Waals surface area contributed by atoms with Crippen LogP contribution < -0.4 is 0 Å². The van der Waals surface area contributed by atoms with E-state index in [1.807, 2.05) is 6.92 Å². The van der Waals surface area contributed by atoms with Crippen LogP contribution in [-0.2, 0) is 9.53 Å². The van der Waals surface area contributed by atoms with Crippen LogP contribution in [0.15, 0.2) is 11.3 Å². The van der Waals surface area contributed by atoms with E-state index in [2.05, 4.69) is 0 Å². The Kier molecular flexibility index (Phi) is 1.48. The topological polar surface area (TPSA) is 26.3 Å². The Bertz CT molecular complexity index is 228. The molecule has 0 bridgehead atoms. The highest BCUT2D eigenvalue weighted by atomic mass is 16.5. The number of carbonyl (C=O) groups is 1. The molecule has 2 nitrogen and oxygen atoms in total. The lowest BCUT2D eigenvalue weighted by molar-refractivity contribution is -0.120. The number of allylic oxidation sites excluding steroid dienone is 1. The van der Waals surface area contributed by atoms with Gasteiger partial charge in [-0.15, -0.1) is 0 Å². The number of carbonyl (C=O) groups excluding carboxylic acids is 1. The zero-order chi connectivity index (χ0) is 7.84. The minimum absolute atomic E-state index is 0.196. The monoisotopic (exact) mass is 152 g/mol. The van der Waals surface area contributed by atoms with Gasteiger partial charge in [-0.2, -0.15) is 0 Å². The molecule has 2 rings (SSSR count). The van der Waals surface area contributed by atoms with Gasteiger partial charge in [0.15, 0.2) is 6.10 Å². The fourth-order valence-electron chi connectivity index (χ4n) is 1.78. The van der Waals surface area contributed by atoms with Gasteiger partial charge in [0.25, 0.3) is 0 Å². The second-order valence-corrected chi connectivity index (χ2v) is 3.23. The van der Waals surface area contributed by atoms with E-state index in [-0.39, 0.29) is 11.9 Å². The van der Waals surface area contributed by atoms with Gasteiger partial charge >= 0.3 is 0 Å². The van der Waals surface area contributed by atoms with Gasteiger partial charge in [-0.1, -0.05) is 0 Å². The van der Waals surface area contributed by atoms with Crippen LogP contribution in [0.2, 0.25) is 0 Å². The third kappa shape index (κ3) is 0.971. The van der Waals surface area contributed by atoms with E-state index in [9.17, 15) is 4.79 Å². The van der Waals surface area contributed by atoms with Crippen LogP contribution in [0.5, 0.6) is 0 Å². The summed E-state index contributed by atoms with van der Waals surface area (Å²) in [6, 6.07) is 0. The molecule has 1 atom stereocenters. The van der Waals surface area contributed by atoms with Crippen LogP contribution in [0, 0.1) is 0 Å². The van der Waals surface area contributed by atoms with Crippen molar-refractivity contribution in [3.8, 4) is 0 Å². The van der Waals surface area contributed by atoms with Gasteiger partial charge in [-0.25, -0.2) is 0 Å². The Labute approximate surface area is 66.2 Å². The van der Waals surface area contributed by atoms with Crippen LogP contribution in [0.25, 0.3) is 0 Å². The normalized spacial score (nSPS) is 30.3. The van der Waals surface area contributed by atoms with E-state index in [0.29, 0.717) is 0 Å². The molecule has 0 aromatic rings. The molecule has 2 heteroatoms. The quantitative estimate of drug-likeness (QED) is 0.529. The van der Waals surface area contributed by atoms with Crippen molar-refractivity contribution in [1.82, 2.24) is 0 Å². The van der Waals surface area contributed by atoms with Crippen LogP contribution in [0.4, 0.5) is 0 Å². The molecule has 0 aromatic carbocycles. The molecule has 60 valence electrons. The van der Waals surface area contributed by atoms with Gasteiger partial charge in [-0.05, 0) is 26.2 Å². The predicted molar refractivity (Wildman–Crippen MR) is 41.0 cm³/mol. The smallest absolute Gasteiger partial charge is 0.202 e. The number of rotatable bonds is 0. The van der Waals surface area contributed by atoms with E-state index in [1.54, 1.807) is 0 Å². The van der Waals surface area contributed by atoms with Crippen molar-refractivity contribution >= 4 is 5.78 Å². The number of hydrogen-bond donors (Lipinski definition) is 0. The second-order valence-electron chi connectivity index (χ2n) is 3.23. The molecule has 0 saturated heterocycles. The maximum absolute atomic E-state index is 11.4. The summed E-state index contributed by atoms with van der Waals surface area (Å²) in [6.07, 6.45) is 4.06. The second kappa shape index (κ2) is 2.36. The minimum atomic E-state index is -0.196. The summed E-state index contributed by atoms with van der Waals surface area (Å²) in [5.41, 5.74) is 0.976. The Morgan fingerprint density at radius 1 is 1.36 bits per heavy atom. The highest BCUT2D eigenvalue weighted by molar-refractivity contribution is 6.01. The Morgan fingerprint density at radius 3 is 2.82 bits per heavy atom. The molecule has 0 saturated carbocycles. The summed E-state index contributed by atoms with van der Waals surface area (Å²) < 4.78 is 5.41. The number of ether oxygens (including phenoxy) is 1. The fourth-order valence-corrected chi connectivity index (χ4v) is 1.78. The Morgan fingerprint density at radius 2 is 2.09 bits per heavy atom. The third-order valence-electron chi connectivity index (χ3n) is 2.40. The van der Waals surface area contributed by atoms with E-state index < -0.39 is 0 Å². The van der Waals surface area contributed by atoms with E-state index in [4.69, 9.17) is 4.74 Å². The summed E-state index contributed by atoms with van der Waals surface area (Å²) in [7, 11) is 0. The first kappa shape index (κ1) is 6.89. The van der Waals surface area contributed by atoms with Gasteiger partial charge in [0.1, 0.15) is 5.76 Å². The standard InChI is InChI=1S/C9H12O2/c1-6-9(10)7-4-2-3-5-8(7)11-6/h6H,2-5H2,1H3. The van der Waals surface area contributed by atoms with Gasteiger partial charge in [0.2, 0.25) is 5.78 Å². The Balaban J connectivity index is 2.27. The van der Waals surface area contributed by atoms with Crippen LogP contribution in [-0.4, -0.2) is 11.9 Å². The van der Waals surface area contributed by atoms with Crippen molar-refractivity contribution in [2.75, 3.05) is 0 Å². The van der Waals surface area contributed by atoms with Gasteiger partial charge < -0.3 is 4.74 Å². The van der Waals surface area contributed by atoms with Gasteiger partial charge in [0, 0.05) is 12.0 Å². The predicted octanol–water partition coefficient (Wildman–Crippen LogP) is 1.80. The van der Waals surface area contributed by atoms with Crippen molar-refractivity contribution in [2.45, 2.75) is 38.7 Å². The lowest BCUT2D eigenvalue weighted by atomic mass is 9.95. The highest BCUT2D eigenvalue weighted by Gasteiger charge is 2.32. The van der Waals surface area contributed by atoms with E-state index >= 15 is 0 Å². The first-order chi connectivity index (χ1) is 5.29. The van der Waals surface area contributed by atoms with Crippen molar-refractivity contribution in [1.29, 1.82) is 0 Å². The molecule has 0 spiro atoms. The average Bonchev–Trinajstić information content (AvgIpc) is 2.30. The number of ketones is 1. The van der Waals surface area contributed by atoms with Gasteiger partial charge in [0.05, 0.1) is 0 Å². The highest BCUT2D eigenvalue weighted by Crippen LogP contribution is 2.33. The molecular formula is C9H12O2. The minimum Gasteiger partial charge on any atom is -0.487 e. The molecule has 1 unspecified atom stereocenters. The van der Waals surface area contributed by atoms with Crippen LogP contribution >= 0.6 is 0 Å². The zero-order valence-corrected chi connectivity index (χ0v) is 6.72. The Hall–Kier alpha value is -0.790. The average molecular weight is 152 g/mol. The maximum Gasteiger partial charge on any atom is 0.202 e. The lowest BCUT2D eigenvalue weighted by Gasteiger charge is -2.10. The van der Waals surface area contributed by atoms with Crippen LogP contribution in [0.1, 0.15) is 32.6 Å². The zero-order valence-electron chi connectivity index (χ0n) is 6.72. The summed E-state index contributed by atoms with van der Waals surface area (Å²) in [4.78, 5) is 11.4. The lowest BCUT2D eigenvalue weighted by Crippen LogP contribution is -2.13. The molecule has 2 aliphatic rings. The van der Waals surface area contributed by atoms with Crippen molar-refractivity contribution in [3.05, 3.63) is 11.3 Å². The maximum atomic E-state index is 11.4. The molecule has 0 amide bonds.